The average Bonchev–Trinajstić information content (AvgIpc) is 2.37. The molecule has 0 fully saturated rings. The third-order valence-electron chi connectivity index (χ3n) is 2.82. The molecule has 3 heteroatoms. The van der Waals surface area contributed by atoms with E-state index in [2.05, 4.69) is 31.3 Å². The molecule has 1 rings (SSSR count). The summed E-state index contributed by atoms with van der Waals surface area (Å²) in [4.78, 5) is 0. The highest BCUT2D eigenvalue weighted by atomic mass is 32.1. The van der Waals surface area contributed by atoms with Crippen LogP contribution in [0.25, 0.3) is 0 Å². The summed E-state index contributed by atoms with van der Waals surface area (Å²) in [6, 6.07) is 10.2. The van der Waals surface area contributed by atoms with Gasteiger partial charge in [0.25, 0.3) is 5.17 Å². The Hall–Kier alpha value is -1.09. The van der Waals surface area contributed by atoms with Gasteiger partial charge in [-0.3, -0.25) is 0 Å². The van der Waals surface area contributed by atoms with Gasteiger partial charge in [0, 0.05) is 6.54 Å². The lowest BCUT2D eigenvalue weighted by Gasteiger charge is -2.12. The standard InChI is InChI=1S/C14H21NOS/c1-3-12(2)9-10-16-14(17)15-11-13-7-5-4-6-8-13/h4-8,12H,3,9-11H2,1-2H3,(H,15,17). The van der Waals surface area contributed by atoms with Crippen molar-refractivity contribution in [1.29, 1.82) is 0 Å². The van der Waals surface area contributed by atoms with E-state index in [9.17, 15) is 0 Å². The maximum atomic E-state index is 5.46. The molecule has 1 N–H and O–H groups in total. The van der Waals surface area contributed by atoms with Gasteiger partial charge in [-0.2, -0.15) is 0 Å². The van der Waals surface area contributed by atoms with Crippen LogP contribution >= 0.6 is 12.2 Å². The van der Waals surface area contributed by atoms with Gasteiger partial charge < -0.3 is 10.1 Å². The summed E-state index contributed by atoms with van der Waals surface area (Å²) in [5.74, 6) is 0.701. The van der Waals surface area contributed by atoms with Gasteiger partial charge >= 0.3 is 0 Å². The molecule has 2 nitrogen and oxygen atoms in total. The van der Waals surface area contributed by atoms with E-state index in [1.807, 2.05) is 18.2 Å². The molecule has 1 atom stereocenters. The van der Waals surface area contributed by atoms with E-state index in [4.69, 9.17) is 17.0 Å². The number of benzene rings is 1. The van der Waals surface area contributed by atoms with Crippen molar-refractivity contribution in [3.63, 3.8) is 0 Å². The molecule has 0 aliphatic rings. The highest BCUT2D eigenvalue weighted by Crippen LogP contribution is 2.06. The molecule has 1 unspecified atom stereocenters. The van der Waals surface area contributed by atoms with Gasteiger partial charge in [0.1, 0.15) is 0 Å². The largest absolute Gasteiger partial charge is 0.471 e. The van der Waals surface area contributed by atoms with Crippen molar-refractivity contribution in [3.05, 3.63) is 35.9 Å². The van der Waals surface area contributed by atoms with E-state index in [1.54, 1.807) is 0 Å². The minimum absolute atomic E-state index is 0.497. The van der Waals surface area contributed by atoms with E-state index in [-0.39, 0.29) is 0 Å². The van der Waals surface area contributed by atoms with E-state index in [1.165, 1.54) is 12.0 Å². The molecule has 0 aliphatic carbocycles. The van der Waals surface area contributed by atoms with Crippen molar-refractivity contribution in [2.45, 2.75) is 33.2 Å². The highest BCUT2D eigenvalue weighted by Gasteiger charge is 2.01. The molecule has 1 aromatic rings. The number of nitrogens with one attached hydrogen (secondary N) is 1. The summed E-state index contributed by atoms with van der Waals surface area (Å²) in [6.45, 7) is 5.85. The normalized spacial score (nSPS) is 11.9. The first-order valence-corrected chi connectivity index (χ1v) is 6.57. The predicted octanol–water partition coefficient (Wildman–Crippen LogP) is 3.51. The summed E-state index contributed by atoms with van der Waals surface area (Å²) >= 11 is 5.11. The fraction of sp³-hybridized carbons (Fsp3) is 0.500. The van der Waals surface area contributed by atoms with Gasteiger partial charge in [-0.25, -0.2) is 0 Å². The van der Waals surface area contributed by atoms with Crippen LogP contribution in [0, 0.1) is 5.92 Å². The predicted molar refractivity (Wildman–Crippen MR) is 75.9 cm³/mol. The molecule has 0 amide bonds. The number of ether oxygens (including phenoxy) is 1. The molecule has 0 radical (unpaired) electrons. The zero-order valence-electron chi connectivity index (χ0n) is 10.6. The average molecular weight is 251 g/mol. The van der Waals surface area contributed by atoms with Crippen LogP contribution in [0.1, 0.15) is 32.3 Å². The molecule has 0 bridgehead atoms. The molecule has 0 aliphatic heterocycles. The molecule has 0 saturated heterocycles. The van der Waals surface area contributed by atoms with Crippen molar-refractivity contribution in [1.82, 2.24) is 5.32 Å². The summed E-state index contributed by atoms with van der Waals surface area (Å²) in [5.41, 5.74) is 1.21. The summed E-state index contributed by atoms with van der Waals surface area (Å²) < 4.78 is 5.46. The molecule has 0 saturated carbocycles. The highest BCUT2D eigenvalue weighted by molar-refractivity contribution is 7.80. The van der Waals surface area contributed by atoms with Crippen LogP contribution in [-0.4, -0.2) is 11.8 Å². The van der Waals surface area contributed by atoms with Gasteiger partial charge in [-0.1, -0.05) is 50.6 Å². The Balaban J connectivity index is 2.13. The van der Waals surface area contributed by atoms with Crippen molar-refractivity contribution in [3.8, 4) is 0 Å². The van der Waals surface area contributed by atoms with Crippen molar-refractivity contribution < 1.29 is 4.74 Å². The lowest BCUT2D eigenvalue weighted by atomic mass is 10.1. The lowest BCUT2D eigenvalue weighted by Crippen LogP contribution is -2.24. The summed E-state index contributed by atoms with van der Waals surface area (Å²) in [6.07, 6.45) is 2.25. The molecular weight excluding hydrogens is 230 g/mol. The number of rotatable bonds is 6. The minimum Gasteiger partial charge on any atom is -0.471 e. The van der Waals surface area contributed by atoms with Gasteiger partial charge in [0.2, 0.25) is 0 Å². The van der Waals surface area contributed by atoms with E-state index in [0.29, 0.717) is 17.7 Å². The van der Waals surface area contributed by atoms with Gasteiger partial charge in [0.05, 0.1) is 6.61 Å². The summed E-state index contributed by atoms with van der Waals surface area (Å²) in [7, 11) is 0. The van der Waals surface area contributed by atoms with Crippen molar-refractivity contribution in [2.24, 2.45) is 5.92 Å². The Bertz CT molecular complexity index is 326. The Labute approximate surface area is 109 Å². The van der Waals surface area contributed by atoms with Crippen LogP contribution in [0.2, 0.25) is 0 Å². The second-order valence-corrected chi connectivity index (χ2v) is 4.65. The number of thiocarbonyl (C=S) groups is 1. The van der Waals surface area contributed by atoms with E-state index >= 15 is 0 Å². The Morgan fingerprint density at radius 3 is 2.71 bits per heavy atom. The Morgan fingerprint density at radius 2 is 2.06 bits per heavy atom. The first-order chi connectivity index (χ1) is 8.22. The Kier molecular flexibility index (Phi) is 6.63. The van der Waals surface area contributed by atoms with Crippen molar-refractivity contribution in [2.75, 3.05) is 6.61 Å². The maximum absolute atomic E-state index is 5.46. The van der Waals surface area contributed by atoms with Crippen LogP contribution < -0.4 is 5.32 Å². The quantitative estimate of drug-likeness (QED) is 0.782. The van der Waals surface area contributed by atoms with Crippen molar-refractivity contribution >= 4 is 17.4 Å². The smallest absolute Gasteiger partial charge is 0.256 e. The zero-order valence-corrected chi connectivity index (χ0v) is 11.4. The third kappa shape index (κ3) is 6.27. The third-order valence-corrected chi connectivity index (χ3v) is 3.08. The molecule has 0 heterocycles. The van der Waals surface area contributed by atoms with E-state index in [0.717, 1.165) is 13.0 Å². The fourth-order valence-electron chi connectivity index (χ4n) is 1.38. The molecule has 94 valence electrons. The summed E-state index contributed by atoms with van der Waals surface area (Å²) in [5, 5.41) is 3.60. The number of hydrogen-bond donors (Lipinski definition) is 1. The first-order valence-electron chi connectivity index (χ1n) is 6.17. The topological polar surface area (TPSA) is 21.3 Å². The van der Waals surface area contributed by atoms with Crippen LogP contribution in [0.3, 0.4) is 0 Å². The van der Waals surface area contributed by atoms with Gasteiger partial charge in [-0.05, 0) is 30.1 Å². The van der Waals surface area contributed by atoms with Crippen LogP contribution in [0.5, 0.6) is 0 Å². The van der Waals surface area contributed by atoms with Gasteiger partial charge in [0.15, 0.2) is 0 Å². The molecule has 17 heavy (non-hydrogen) atoms. The molecule has 0 spiro atoms. The zero-order chi connectivity index (χ0) is 12.5. The second kappa shape index (κ2) is 8.07. The van der Waals surface area contributed by atoms with Crippen LogP contribution in [0.15, 0.2) is 30.3 Å². The second-order valence-electron chi connectivity index (χ2n) is 4.28. The maximum Gasteiger partial charge on any atom is 0.256 e. The molecule has 1 aromatic carbocycles. The van der Waals surface area contributed by atoms with Crippen LogP contribution in [0.4, 0.5) is 0 Å². The Morgan fingerprint density at radius 1 is 1.35 bits per heavy atom. The minimum atomic E-state index is 0.497. The first kappa shape index (κ1) is 14.0. The SMILES string of the molecule is CCC(C)CCOC(=S)NCc1ccccc1. The molecule has 0 aromatic heterocycles. The van der Waals surface area contributed by atoms with Gasteiger partial charge in [-0.15, -0.1) is 0 Å². The van der Waals surface area contributed by atoms with Crippen LogP contribution in [-0.2, 0) is 11.3 Å². The lowest BCUT2D eigenvalue weighted by molar-refractivity contribution is 0.265. The van der Waals surface area contributed by atoms with E-state index < -0.39 is 0 Å². The monoisotopic (exact) mass is 251 g/mol. The molecular formula is C14H21NOS. The fourth-order valence-corrected chi connectivity index (χ4v) is 1.53. The number of hydrogen-bond acceptors (Lipinski definition) is 2.